The summed E-state index contributed by atoms with van der Waals surface area (Å²) in [6.45, 7) is 6.65. The highest BCUT2D eigenvalue weighted by Gasteiger charge is 2.19. The Hall–Kier alpha value is -0.0800. The lowest BCUT2D eigenvalue weighted by Gasteiger charge is -2.25. The molecular formula is C7H16O2. The average Bonchev–Trinajstić information content (AvgIpc) is 1.89. The first-order chi connectivity index (χ1) is 4.18. The maximum Gasteiger partial charge on any atom is 0.164 e. The molecule has 2 heteroatoms. The minimum Gasteiger partial charge on any atom is -0.353 e. The molecule has 0 radical (unpaired) electrons. The molecule has 1 unspecified atom stereocenters. The van der Waals surface area contributed by atoms with Gasteiger partial charge in [-0.3, -0.25) is 0 Å². The fourth-order valence-electron chi connectivity index (χ4n) is 0.611. The molecular weight excluding hydrogens is 116 g/mol. The molecule has 0 saturated heterocycles. The maximum atomic E-state index is 5.31. The fourth-order valence-corrected chi connectivity index (χ4v) is 0.611. The van der Waals surface area contributed by atoms with Crippen LogP contribution in [0.15, 0.2) is 0 Å². The van der Waals surface area contributed by atoms with Crippen molar-refractivity contribution >= 4 is 0 Å². The summed E-state index contributed by atoms with van der Waals surface area (Å²) in [5, 5.41) is 0. The van der Waals surface area contributed by atoms with Crippen LogP contribution in [-0.2, 0) is 9.47 Å². The summed E-state index contributed by atoms with van der Waals surface area (Å²) >= 11 is 0. The van der Waals surface area contributed by atoms with Gasteiger partial charge in [0.25, 0.3) is 0 Å². The summed E-state index contributed by atoms with van der Waals surface area (Å²) in [5.41, 5.74) is 0. The van der Waals surface area contributed by atoms with Gasteiger partial charge in [-0.2, -0.15) is 0 Å². The van der Waals surface area contributed by atoms with E-state index in [-0.39, 0.29) is 5.79 Å². The maximum absolute atomic E-state index is 5.31. The second-order valence-corrected chi connectivity index (χ2v) is 2.12. The highest BCUT2D eigenvalue weighted by atomic mass is 16.7. The summed E-state index contributed by atoms with van der Waals surface area (Å²) in [6, 6.07) is 0. The Bertz CT molecular complexity index is 67.3. The Kier molecular flexibility index (Phi) is 3.82. The van der Waals surface area contributed by atoms with Gasteiger partial charge in [0.15, 0.2) is 5.79 Å². The van der Waals surface area contributed by atoms with Crippen LogP contribution < -0.4 is 0 Å². The van der Waals surface area contributed by atoms with Crippen molar-refractivity contribution in [2.75, 3.05) is 13.7 Å². The van der Waals surface area contributed by atoms with Gasteiger partial charge in [0.05, 0.1) is 0 Å². The van der Waals surface area contributed by atoms with Gasteiger partial charge < -0.3 is 9.47 Å². The van der Waals surface area contributed by atoms with Gasteiger partial charge in [-0.05, 0) is 20.3 Å². The number of rotatable bonds is 4. The molecule has 0 aromatic rings. The van der Waals surface area contributed by atoms with E-state index in [0.717, 1.165) is 6.42 Å². The number of ether oxygens (including phenoxy) is 2. The standard InChI is InChI=1S/C7H16O2/c1-5-7(3,8-4)9-6-2/h5-6H2,1-4H3. The lowest BCUT2D eigenvalue weighted by atomic mass is 10.2. The van der Waals surface area contributed by atoms with Crippen LogP contribution in [0.5, 0.6) is 0 Å². The predicted octanol–water partition coefficient (Wildman–Crippen LogP) is 1.80. The molecule has 0 amide bonds. The second kappa shape index (κ2) is 3.85. The molecule has 0 fully saturated rings. The van der Waals surface area contributed by atoms with E-state index in [9.17, 15) is 0 Å². The normalized spacial score (nSPS) is 17.3. The highest BCUT2D eigenvalue weighted by molar-refractivity contribution is 4.57. The van der Waals surface area contributed by atoms with Crippen molar-refractivity contribution in [3.63, 3.8) is 0 Å². The Morgan fingerprint density at radius 3 is 2.00 bits per heavy atom. The fraction of sp³-hybridized carbons (Fsp3) is 1.00. The zero-order valence-electron chi connectivity index (χ0n) is 6.73. The number of hydrogen-bond donors (Lipinski definition) is 0. The average molecular weight is 132 g/mol. The molecule has 56 valence electrons. The van der Waals surface area contributed by atoms with Gasteiger partial charge in [0, 0.05) is 13.7 Å². The van der Waals surface area contributed by atoms with E-state index in [1.54, 1.807) is 7.11 Å². The molecule has 0 heterocycles. The van der Waals surface area contributed by atoms with E-state index in [2.05, 4.69) is 0 Å². The van der Waals surface area contributed by atoms with Crippen LogP contribution in [0.25, 0.3) is 0 Å². The van der Waals surface area contributed by atoms with Crippen molar-refractivity contribution in [2.45, 2.75) is 33.0 Å². The smallest absolute Gasteiger partial charge is 0.164 e. The molecule has 0 spiro atoms. The summed E-state index contributed by atoms with van der Waals surface area (Å²) in [6.07, 6.45) is 0.886. The van der Waals surface area contributed by atoms with Gasteiger partial charge in [0.1, 0.15) is 0 Å². The predicted molar refractivity (Wildman–Crippen MR) is 37.3 cm³/mol. The third-order valence-electron chi connectivity index (χ3n) is 1.52. The molecule has 0 aliphatic heterocycles. The quantitative estimate of drug-likeness (QED) is 0.543. The van der Waals surface area contributed by atoms with Crippen LogP contribution in [0.1, 0.15) is 27.2 Å². The zero-order chi connectivity index (χ0) is 7.33. The molecule has 0 rings (SSSR count). The Balaban J connectivity index is 3.62. The lowest BCUT2D eigenvalue weighted by molar-refractivity contribution is -0.208. The van der Waals surface area contributed by atoms with Crippen LogP contribution in [-0.4, -0.2) is 19.5 Å². The first-order valence-electron chi connectivity index (χ1n) is 3.37. The van der Waals surface area contributed by atoms with Crippen LogP contribution in [0.4, 0.5) is 0 Å². The largest absolute Gasteiger partial charge is 0.353 e. The lowest BCUT2D eigenvalue weighted by Crippen LogP contribution is -2.29. The van der Waals surface area contributed by atoms with E-state index in [1.807, 2.05) is 20.8 Å². The first-order valence-corrected chi connectivity index (χ1v) is 3.37. The van der Waals surface area contributed by atoms with Crippen LogP contribution >= 0.6 is 0 Å². The van der Waals surface area contributed by atoms with Gasteiger partial charge in [-0.25, -0.2) is 0 Å². The first kappa shape index (κ1) is 8.92. The topological polar surface area (TPSA) is 18.5 Å². The van der Waals surface area contributed by atoms with Crippen LogP contribution in [0.2, 0.25) is 0 Å². The monoisotopic (exact) mass is 132 g/mol. The summed E-state index contributed by atoms with van der Waals surface area (Å²) < 4.78 is 10.4. The van der Waals surface area contributed by atoms with E-state index >= 15 is 0 Å². The summed E-state index contributed by atoms with van der Waals surface area (Å²) in [4.78, 5) is 0. The van der Waals surface area contributed by atoms with Crippen molar-refractivity contribution < 1.29 is 9.47 Å². The number of hydrogen-bond acceptors (Lipinski definition) is 2. The van der Waals surface area contributed by atoms with Crippen molar-refractivity contribution in [2.24, 2.45) is 0 Å². The third-order valence-corrected chi connectivity index (χ3v) is 1.52. The SMILES string of the molecule is CCOC(C)(CC)OC. The zero-order valence-corrected chi connectivity index (χ0v) is 6.73. The molecule has 1 atom stereocenters. The third kappa shape index (κ3) is 2.82. The molecule has 0 aromatic carbocycles. The van der Waals surface area contributed by atoms with Crippen molar-refractivity contribution in [1.82, 2.24) is 0 Å². The molecule has 0 N–H and O–H groups in total. The van der Waals surface area contributed by atoms with E-state index in [1.165, 1.54) is 0 Å². The Morgan fingerprint density at radius 1 is 1.33 bits per heavy atom. The molecule has 0 saturated carbocycles. The summed E-state index contributed by atoms with van der Waals surface area (Å²) in [7, 11) is 1.67. The minimum atomic E-state index is -0.366. The molecule has 2 nitrogen and oxygen atoms in total. The summed E-state index contributed by atoms with van der Waals surface area (Å²) in [5.74, 6) is -0.366. The van der Waals surface area contributed by atoms with E-state index in [0.29, 0.717) is 6.61 Å². The van der Waals surface area contributed by atoms with Crippen molar-refractivity contribution in [3.8, 4) is 0 Å². The number of methoxy groups -OCH3 is 1. The molecule has 0 aliphatic carbocycles. The molecule has 9 heavy (non-hydrogen) atoms. The molecule has 0 aliphatic rings. The Labute approximate surface area is 57.2 Å². The molecule has 0 aromatic heterocycles. The van der Waals surface area contributed by atoms with Gasteiger partial charge >= 0.3 is 0 Å². The van der Waals surface area contributed by atoms with Gasteiger partial charge in [-0.15, -0.1) is 0 Å². The van der Waals surface area contributed by atoms with Crippen molar-refractivity contribution in [3.05, 3.63) is 0 Å². The van der Waals surface area contributed by atoms with Gasteiger partial charge in [-0.1, -0.05) is 6.92 Å². The Morgan fingerprint density at radius 2 is 1.89 bits per heavy atom. The minimum absolute atomic E-state index is 0.366. The van der Waals surface area contributed by atoms with Crippen LogP contribution in [0, 0.1) is 0 Å². The van der Waals surface area contributed by atoms with E-state index in [4.69, 9.17) is 9.47 Å². The van der Waals surface area contributed by atoms with E-state index < -0.39 is 0 Å². The highest BCUT2D eigenvalue weighted by Crippen LogP contribution is 2.14. The van der Waals surface area contributed by atoms with Gasteiger partial charge in [0.2, 0.25) is 0 Å². The van der Waals surface area contributed by atoms with Crippen molar-refractivity contribution in [1.29, 1.82) is 0 Å². The second-order valence-electron chi connectivity index (χ2n) is 2.12. The van der Waals surface area contributed by atoms with Crippen LogP contribution in [0.3, 0.4) is 0 Å². The molecule has 0 bridgehead atoms.